The van der Waals surface area contributed by atoms with Crippen LogP contribution in [0.2, 0.25) is 5.02 Å². The number of nitriles is 1. The number of Topliss-reactive ketones (excluding diaryl/α,β-unsaturated/α-hetero) is 1. The number of benzene rings is 1. The third-order valence-corrected chi connectivity index (χ3v) is 2.89. The first-order valence-electron chi connectivity index (χ1n) is 5.48. The summed E-state index contributed by atoms with van der Waals surface area (Å²) in [6.45, 7) is 0. The fourth-order valence-electron chi connectivity index (χ4n) is 1.76. The molecule has 1 unspecified atom stereocenters. The first-order chi connectivity index (χ1) is 9.17. The van der Waals surface area contributed by atoms with Gasteiger partial charge >= 0.3 is 0 Å². The van der Waals surface area contributed by atoms with Gasteiger partial charge in [0.25, 0.3) is 0 Å². The van der Waals surface area contributed by atoms with Gasteiger partial charge in [0.15, 0.2) is 5.76 Å². The summed E-state index contributed by atoms with van der Waals surface area (Å²) >= 11 is 5.90. The van der Waals surface area contributed by atoms with Crippen molar-refractivity contribution >= 4 is 17.4 Å². The number of nitrogens with zero attached hydrogens (tertiary/aromatic N) is 1. The Kier molecular flexibility index (Phi) is 3.88. The SMILES string of the molecule is COc1ccc(Cl)cc1C(C#N)C(=O)c1ccco1. The highest BCUT2D eigenvalue weighted by Gasteiger charge is 2.27. The number of hydrogen-bond acceptors (Lipinski definition) is 4. The number of methoxy groups -OCH3 is 1. The summed E-state index contributed by atoms with van der Waals surface area (Å²) in [6.07, 6.45) is 1.39. The fraction of sp³-hybridized carbons (Fsp3) is 0.143. The largest absolute Gasteiger partial charge is 0.496 e. The van der Waals surface area contributed by atoms with Gasteiger partial charge in [-0.2, -0.15) is 5.26 Å². The molecule has 19 heavy (non-hydrogen) atoms. The summed E-state index contributed by atoms with van der Waals surface area (Å²) < 4.78 is 10.2. The summed E-state index contributed by atoms with van der Waals surface area (Å²) in [5.41, 5.74) is 0.430. The van der Waals surface area contributed by atoms with Gasteiger partial charge in [-0.05, 0) is 30.3 Å². The molecule has 1 heterocycles. The summed E-state index contributed by atoms with van der Waals surface area (Å²) in [4.78, 5) is 12.2. The van der Waals surface area contributed by atoms with Gasteiger partial charge < -0.3 is 9.15 Å². The summed E-state index contributed by atoms with van der Waals surface area (Å²) in [6, 6.07) is 9.88. The molecule has 1 atom stereocenters. The molecule has 96 valence electrons. The number of hydrogen-bond donors (Lipinski definition) is 0. The summed E-state index contributed by atoms with van der Waals surface area (Å²) in [7, 11) is 1.47. The lowest BCUT2D eigenvalue weighted by molar-refractivity contribution is 0.0951. The first-order valence-corrected chi connectivity index (χ1v) is 5.86. The standard InChI is InChI=1S/C14H10ClNO3/c1-18-12-5-4-9(15)7-10(12)11(8-16)14(17)13-3-2-6-19-13/h2-7,11H,1H3. The predicted molar refractivity (Wildman–Crippen MR) is 69.4 cm³/mol. The lowest BCUT2D eigenvalue weighted by atomic mass is 9.94. The molecule has 4 nitrogen and oxygen atoms in total. The molecule has 2 aromatic rings. The van der Waals surface area contributed by atoms with Crippen molar-refractivity contribution in [2.24, 2.45) is 0 Å². The molecule has 0 amide bonds. The molecular weight excluding hydrogens is 266 g/mol. The molecular formula is C14H10ClNO3. The van der Waals surface area contributed by atoms with E-state index in [1.165, 1.54) is 19.4 Å². The first kappa shape index (κ1) is 13.2. The zero-order valence-corrected chi connectivity index (χ0v) is 10.8. The topological polar surface area (TPSA) is 63.2 Å². The quantitative estimate of drug-likeness (QED) is 0.802. The molecule has 1 aromatic heterocycles. The Morgan fingerprint density at radius 3 is 2.84 bits per heavy atom. The Morgan fingerprint density at radius 2 is 2.26 bits per heavy atom. The van der Waals surface area contributed by atoms with Gasteiger partial charge in [-0.3, -0.25) is 4.79 Å². The molecule has 2 rings (SSSR count). The van der Waals surface area contributed by atoms with Crippen LogP contribution in [-0.4, -0.2) is 12.9 Å². The van der Waals surface area contributed by atoms with Crippen LogP contribution in [0.1, 0.15) is 22.0 Å². The summed E-state index contributed by atoms with van der Waals surface area (Å²) in [5, 5.41) is 9.68. The van der Waals surface area contributed by atoms with E-state index in [-0.39, 0.29) is 5.76 Å². The number of rotatable bonds is 4. The zero-order chi connectivity index (χ0) is 13.8. The minimum absolute atomic E-state index is 0.133. The van der Waals surface area contributed by atoms with E-state index in [0.717, 1.165) is 0 Å². The van der Waals surface area contributed by atoms with E-state index in [4.69, 9.17) is 20.8 Å². The molecule has 0 radical (unpaired) electrons. The smallest absolute Gasteiger partial charge is 0.219 e. The van der Waals surface area contributed by atoms with Crippen molar-refractivity contribution in [1.29, 1.82) is 5.26 Å². The van der Waals surface area contributed by atoms with Crippen molar-refractivity contribution in [1.82, 2.24) is 0 Å². The van der Waals surface area contributed by atoms with Gasteiger partial charge in [0.2, 0.25) is 5.78 Å². The fourth-order valence-corrected chi connectivity index (χ4v) is 1.94. The molecule has 0 bridgehead atoms. The van der Waals surface area contributed by atoms with Crippen LogP contribution in [0.15, 0.2) is 41.0 Å². The highest BCUT2D eigenvalue weighted by atomic mass is 35.5. The maximum absolute atomic E-state index is 12.2. The highest BCUT2D eigenvalue weighted by Crippen LogP contribution is 2.31. The number of ether oxygens (including phenoxy) is 1. The van der Waals surface area contributed by atoms with Crippen LogP contribution in [0, 0.1) is 11.3 Å². The van der Waals surface area contributed by atoms with Crippen molar-refractivity contribution in [2.45, 2.75) is 5.92 Å². The number of furan rings is 1. The monoisotopic (exact) mass is 275 g/mol. The number of halogens is 1. The van der Waals surface area contributed by atoms with Gasteiger partial charge in [0, 0.05) is 10.6 Å². The number of ketones is 1. The second kappa shape index (κ2) is 5.59. The van der Waals surface area contributed by atoms with E-state index >= 15 is 0 Å². The molecule has 0 aliphatic heterocycles. The molecule has 0 fully saturated rings. The molecule has 0 aliphatic rings. The van der Waals surface area contributed by atoms with Gasteiger partial charge in [-0.25, -0.2) is 0 Å². The molecule has 1 aromatic carbocycles. The maximum atomic E-state index is 12.2. The zero-order valence-electron chi connectivity index (χ0n) is 10.1. The second-order valence-electron chi connectivity index (χ2n) is 3.79. The van der Waals surface area contributed by atoms with E-state index in [1.54, 1.807) is 24.3 Å². The highest BCUT2D eigenvalue weighted by molar-refractivity contribution is 6.30. The van der Waals surface area contributed by atoms with E-state index in [9.17, 15) is 10.1 Å². The van der Waals surface area contributed by atoms with Gasteiger partial charge in [0.1, 0.15) is 11.7 Å². The van der Waals surface area contributed by atoms with E-state index < -0.39 is 11.7 Å². The van der Waals surface area contributed by atoms with Crippen molar-refractivity contribution in [3.63, 3.8) is 0 Å². The number of carbonyl (C=O) groups excluding carboxylic acids is 1. The normalized spacial score (nSPS) is 11.6. The molecule has 0 saturated carbocycles. The van der Waals surface area contributed by atoms with Gasteiger partial charge in [0.05, 0.1) is 19.4 Å². The van der Waals surface area contributed by atoms with Gasteiger partial charge in [-0.15, -0.1) is 0 Å². The van der Waals surface area contributed by atoms with E-state index in [0.29, 0.717) is 16.3 Å². The molecule has 0 spiro atoms. The van der Waals surface area contributed by atoms with Crippen molar-refractivity contribution in [2.75, 3.05) is 7.11 Å². The van der Waals surface area contributed by atoms with Crippen molar-refractivity contribution < 1.29 is 13.9 Å². The minimum atomic E-state index is -1.01. The molecule has 0 aliphatic carbocycles. The Labute approximate surface area is 115 Å². The van der Waals surface area contributed by atoms with Crippen LogP contribution in [0.4, 0.5) is 0 Å². The Bertz CT molecular complexity index is 629. The summed E-state index contributed by atoms with van der Waals surface area (Å²) in [5.74, 6) is -0.864. The third kappa shape index (κ3) is 2.61. The average molecular weight is 276 g/mol. The van der Waals surface area contributed by atoms with Crippen LogP contribution in [0.5, 0.6) is 5.75 Å². The van der Waals surface area contributed by atoms with Crippen LogP contribution in [-0.2, 0) is 0 Å². The number of carbonyl (C=O) groups is 1. The van der Waals surface area contributed by atoms with E-state index in [1.807, 2.05) is 6.07 Å². The van der Waals surface area contributed by atoms with Crippen LogP contribution < -0.4 is 4.74 Å². The predicted octanol–water partition coefficient (Wildman–Crippen LogP) is 3.43. The van der Waals surface area contributed by atoms with Gasteiger partial charge in [-0.1, -0.05) is 11.6 Å². The lowest BCUT2D eigenvalue weighted by Crippen LogP contribution is -2.11. The average Bonchev–Trinajstić information content (AvgIpc) is 2.93. The maximum Gasteiger partial charge on any atom is 0.219 e. The molecule has 5 heteroatoms. The third-order valence-electron chi connectivity index (χ3n) is 2.66. The van der Waals surface area contributed by atoms with Crippen LogP contribution in [0.25, 0.3) is 0 Å². The van der Waals surface area contributed by atoms with Crippen molar-refractivity contribution in [3.05, 3.63) is 52.9 Å². The molecule has 0 saturated heterocycles. The Morgan fingerprint density at radius 1 is 1.47 bits per heavy atom. The second-order valence-corrected chi connectivity index (χ2v) is 4.23. The Balaban J connectivity index is 2.46. The van der Waals surface area contributed by atoms with E-state index in [2.05, 4.69) is 0 Å². The molecule has 0 N–H and O–H groups in total. The van der Waals surface area contributed by atoms with Crippen LogP contribution >= 0.6 is 11.6 Å². The lowest BCUT2D eigenvalue weighted by Gasteiger charge is -2.12. The minimum Gasteiger partial charge on any atom is -0.496 e. The van der Waals surface area contributed by atoms with Crippen LogP contribution in [0.3, 0.4) is 0 Å². The Hall–Kier alpha value is -2.25. The van der Waals surface area contributed by atoms with Crippen molar-refractivity contribution in [3.8, 4) is 11.8 Å².